The molecule has 3 nitrogen and oxygen atoms in total. The third-order valence-corrected chi connectivity index (χ3v) is 5.60. The Bertz CT molecular complexity index is 489. The average Bonchev–Trinajstić information content (AvgIpc) is 2.84. The molecule has 22 heavy (non-hydrogen) atoms. The molecule has 0 N–H and O–H groups in total. The first-order valence-corrected chi connectivity index (χ1v) is 9.37. The summed E-state index contributed by atoms with van der Waals surface area (Å²) >= 11 is 1.72. The highest BCUT2D eigenvalue weighted by molar-refractivity contribution is 7.12. The highest BCUT2D eigenvalue weighted by atomic mass is 32.1. The van der Waals surface area contributed by atoms with Crippen molar-refractivity contribution in [3.05, 3.63) is 21.4 Å². The standard InChI is InChI=1S/C18H30N2OS/c1-5-6-9-19(4)13-16-7-10-20(11-8-16)18(21)17-12-14(2)22-15(17)3/h12,16H,5-11,13H2,1-4H3. The van der Waals surface area contributed by atoms with E-state index in [1.165, 1.54) is 30.8 Å². The second-order valence-electron chi connectivity index (χ2n) is 6.68. The Hall–Kier alpha value is -0.870. The predicted molar refractivity (Wildman–Crippen MR) is 94.8 cm³/mol. The van der Waals surface area contributed by atoms with Crippen molar-refractivity contribution < 1.29 is 4.79 Å². The van der Waals surface area contributed by atoms with Crippen LogP contribution in [0.15, 0.2) is 6.07 Å². The van der Waals surface area contributed by atoms with E-state index >= 15 is 0 Å². The summed E-state index contributed by atoms with van der Waals surface area (Å²) in [4.78, 5) is 19.5. The molecule has 0 radical (unpaired) electrons. The van der Waals surface area contributed by atoms with Crippen molar-refractivity contribution in [1.29, 1.82) is 0 Å². The van der Waals surface area contributed by atoms with E-state index in [2.05, 4.69) is 37.6 Å². The van der Waals surface area contributed by atoms with E-state index in [-0.39, 0.29) is 5.91 Å². The summed E-state index contributed by atoms with van der Waals surface area (Å²) in [5.74, 6) is 0.982. The van der Waals surface area contributed by atoms with E-state index in [0.717, 1.165) is 42.3 Å². The molecule has 0 atom stereocenters. The van der Waals surface area contributed by atoms with Crippen LogP contribution in [0.3, 0.4) is 0 Å². The molecule has 2 heterocycles. The Kier molecular flexibility index (Phi) is 6.45. The number of aryl methyl sites for hydroxylation is 2. The van der Waals surface area contributed by atoms with Gasteiger partial charge in [0.25, 0.3) is 5.91 Å². The summed E-state index contributed by atoms with van der Waals surface area (Å²) in [6.45, 7) is 10.6. The average molecular weight is 323 g/mol. The van der Waals surface area contributed by atoms with Crippen LogP contribution < -0.4 is 0 Å². The van der Waals surface area contributed by atoms with Gasteiger partial charge in [-0.3, -0.25) is 4.79 Å². The Morgan fingerprint density at radius 1 is 1.36 bits per heavy atom. The number of nitrogens with zero attached hydrogens (tertiary/aromatic N) is 2. The van der Waals surface area contributed by atoms with Crippen LogP contribution >= 0.6 is 11.3 Å². The van der Waals surface area contributed by atoms with Crippen molar-refractivity contribution in [2.45, 2.75) is 46.5 Å². The van der Waals surface area contributed by atoms with Gasteiger partial charge in [-0.15, -0.1) is 11.3 Å². The first-order valence-electron chi connectivity index (χ1n) is 8.56. The van der Waals surface area contributed by atoms with Gasteiger partial charge in [-0.25, -0.2) is 0 Å². The van der Waals surface area contributed by atoms with Crippen molar-refractivity contribution in [2.24, 2.45) is 5.92 Å². The van der Waals surface area contributed by atoms with Crippen LogP contribution in [0, 0.1) is 19.8 Å². The monoisotopic (exact) mass is 322 g/mol. The molecule has 1 aromatic rings. The fourth-order valence-corrected chi connectivity index (χ4v) is 4.21. The van der Waals surface area contributed by atoms with Gasteiger partial charge in [0.15, 0.2) is 0 Å². The van der Waals surface area contributed by atoms with Crippen molar-refractivity contribution in [3.63, 3.8) is 0 Å². The highest BCUT2D eigenvalue weighted by Gasteiger charge is 2.25. The van der Waals surface area contributed by atoms with Gasteiger partial charge >= 0.3 is 0 Å². The van der Waals surface area contributed by atoms with E-state index in [1.807, 2.05) is 6.07 Å². The summed E-state index contributed by atoms with van der Waals surface area (Å²) < 4.78 is 0. The quantitative estimate of drug-likeness (QED) is 0.792. The molecule has 0 saturated carbocycles. The van der Waals surface area contributed by atoms with Gasteiger partial charge in [-0.05, 0) is 58.7 Å². The molecule has 0 aromatic carbocycles. The number of hydrogen-bond acceptors (Lipinski definition) is 3. The number of carbonyl (C=O) groups excluding carboxylic acids is 1. The third-order valence-electron chi connectivity index (χ3n) is 4.64. The number of carbonyl (C=O) groups is 1. The summed E-state index contributed by atoms with van der Waals surface area (Å²) in [5.41, 5.74) is 0.918. The van der Waals surface area contributed by atoms with Gasteiger partial charge in [0.1, 0.15) is 0 Å². The fraction of sp³-hybridized carbons (Fsp3) is 0.722. The van der Waals surface area contributed by atoms with Crippen LogP contribution in [0.4, 0.5) is 0 Å². The molecule has 1 aliphatic rings. The number of likely N-dealkylation sites (tertiary alicyclic amines) is 1. The number of rotatable bonds is 6. The van der Waals surface area contributed by atoms with E-state index in [9.17, 15) is 4.79 Å². The van der Waals surface area contributed by atoms with Gasteiger partial charge in [0.05, 0.1) is 5.56 Å². The van der Waals surface area contributed by atoms with Crippen molar-refractivity contribution in [2.75, 3.05) is 33.2 Å². The molecule has 0 unspecified atom stereocenters. The lowest BCUT2D eigenvalue weighted by Gasteiger charge is -2.34. The minimum Gasteiger partial charge on any atom is -0.339 e. The lowest BCUT2D eigenvalue weighted by Crippen LogP contribution is -2.41. The molecule has 0 aliphatic carbocycles. The normalized spacial score (nSPS) is 16.5. The molecular formula is C18H30N2OS. The van der Waals surface area contributed by atoms with Gasteiger partial charge in [0.2, 0.25) is 0 Å². The van der Waals surface area contributed by atoms with Crippen LogP contribution in [0.2, 0.25) is 0 Å². The summed E-state index contributed by atoms with van der Waals surface area (Å²) in [6, 6.07) is 2.05. The zero-order chi connectivity index (χ0) is 16.1. The number of piperidine rings is 1. The zero-order valence-corrected chi connectivity index (χ0v) is 15.3. The lowest BCUT2D eigenvalue weighted by atomic mass is 9.95. The van der Waals surface area contributed by atoms with E-state index in [1.54, 1.807) is 11.3 Å². The number of unbranched alkanes of at least 4 members (excludes halogenated alkanes) is 1. The topological polar surface area (TPSA) is 23.6 Å². The molecule has 1 saturated heterocycles. The van der Waals surface area contributed by atoms with Crippen LogP contribution in [-0.4, -0.2) is 48.9 Å². The molecule has 4 heteroatoms. The largest absolute Gasteiger partial charge is 0.339 e. The Labute approximate surface area is 139 Å². The van der Waals surface area contributed by atoms with E-state index in [0.29, 0.717) is 0 Å². The van der Waals surface area contributed by atoms with Gasteiger partial charge in [-0.1, -0.05) is 13.3 Å². The van der Waals surface area contributed by atoms with Gasteiger partial charge in [-0.2, -0.15) is 0 Å². The number of amides is 1. The van der Waals surface area contributed by atoms with E-state index < -0.39 is 0 Å². The Balaban J connectivity index is 1.82. The van der Waals surface area contributed by atoms with Crippen LogP contribution in [0.25, 0.3) is 0 Å². The SMILES string of the molecule is CCCCN(C)CC1CCN(C(=O)c2cc(C)sc2C)CC1. The molecule has 1 fully saturated rings. The molecular weight excluding hydrogens is 292 g/mol. The van der Waals surface area contributed by atoms with Gasteiger partial charge in [0, 0.05) is 29.4 Å². The van der Waals surface area contributed by atoms with E-state index in [4.69, 9.17) is 0 Å². The molecule has 124 valence electrons. The fourth-order valence-electron chi connectivity index (χ4n) is 3.29. The maximum atomic E-state index is 12.6. The van der Waals surface area contributed by atoms with Crippen molar-refractivity contribution >= 4 is 17.2 Å². The van der Waals surface area contributed by atoms with Crippen molar-refractivity contribution in [1.82, 2.24) is 9.80 Å². The van der Waals surface area contributed by atoms with Crippen LogP contribution in [-0.2, 0) is 0 Å². The minimum absolute atomic E-state index is 0.236. The molecule has 1 aliphatic heterocycles. The molecule has 0 spiro atoms. The Morgan fingerprint density at radius 2 is 2.05 bits per heavy atom. The lowest BCUT2D eigenvalue weighted by molar-refractivity contribution is 0.0673. The van der Waals surface area contributed by atoms with Crippen LogP contribution in [0.1, 0.15) is 52.7 Å². The highest BCUT2D eigenvalue weighted by Crippen LogP contribution is 2.25. The van der Waals surface area contributed by atoms with Gasteiger partial charge < -0.3 is 9.80 Å². The maximum Gasteiger partial charge on any atom is 0.254 e. The summed E-state index contributed by atoms with van der Waals surface area (Å²) in [6.07, 6.45) is 4.83. The molecule has 1 amide bonds. The predicted octanol–water partition coefficient (Wildman–Crippen LogP) is 3.95. The molecule has 2 rings (SSSR count). The number of thiophene rings is 1. The number of hydrogen-bond donors (Lipinski definition) is 0. The first-order chi connectivity index (χ1) is 10.5. The maximum absolute atomic E-state index is 12.6. The summed E-state index contributed by atoms with van der Waals surface area (Å²) in [5, 5.41) is 0. The first kappa shape index (κ1) is 17.5. The molecule has 0 bridgehead atoms. The second-order valence-corrected chi connectivity index (χ2v) is 8.14. The third kappa shape index (κ3) is 4.56. The zero-order valence-electron chi connectivity index (χ0n) is 14.5. The second kappa shape index (κ2) is 8.11. The molecule has 1 aromatic heterocycles. The van der Waals surface area contributed by atoms with Crippen LogP contribution in [0.5, 0.6) is 0 Å². The van der Waals surface area contributed by atoms with Crippen molar-refractivity contribution in [3.8, 4) is 0 Å². The minimum atomic E-state index is 0.236. The Morgan fingerprint density at radius 3 is 2.59 bits per heavy atom. The smallest absolute Gasteiger partial charge is 0.254 e. The summed E-state index contributed by atoms with van der Waals surface area (Å²) in [7, 11) is 2.23.